The third kappa shape index (κ3) is 73.6. The summed E-state index contributed by atoms with van der Waals surface area (Å²) < 4.78 is 68.6. The number of esters is 4. The van der Waals surface area contributed by atoms with Crippen molar-refractivity contribution >= 4 is 39.5 Å². The van der Waals surface area contributed by atoms with Crippen LogP contribution in [0.4, 0.5) is 0 Å². The minimum Gasteiger partial charge on any atom is -0.462 e. The lowest BCUT2D eigenvalue weighted by Gasteiger charge is -2.21. The second-order valence-electron chi connectivity index (χ2n) is 31.3. The van der Waals surface area contributed by atoms with Gasteiger partial charge in [-0.1, -0.05) is 376 Å². The van der Waals surface area contributed by atoms with Crippen LogP contribution in [0.3, 0.4) is 0 Å². The molecule has 0 aliphatic rings. The van der Waals surface area contributed by atoms with Gasteiger partial charge in [-0.2, -0.15) is 0 Å². The van der Waals surface area contributed by atoms with Crippen LogP contribution in [0.1, 0.15) is 428 Å². The summed E-state index contributed by atoms with van der Waals surface area (Å²) >= 11 is 0. The maximum atomic E-state index is 13.1. The molecule has 102 heavy (non-hydrogen) atoms. The number of aliphatic hydroxyl groups is 1. The molecule has 0 aromatic carbocycles. The molecule has 0 fully saturated rings. The molecular weight excluding hydrogens is 1330 g/mol. The van der Waals surface area contributed by atoms with E-state index in [9.17, 15) is 43.2 Å². The standard InChI is InChI=1S/C83H162O17P2/c1-9-75(7)61-53-45-36-32-28-24-20-16-12-14-17-21-25-29-33-37-47-55-63-80(85)93-69-78(99-82(87)65-57-49-38-34-30-26-22-18-13-11-15-19-23-27-31-35-43-51-59-73(3)4)71-97-101(89,90)95-67-77(84)68-96-102(91,92)98-72-79(70-94-81(86)64-56-48-41-39-44-52-60-74(5)6)100-83(88)66-58-50-42-40-46-54-62-76(8)10-2/h73-79,84H,9-72H2,1-8H3,(H,89,90)(H,91,92)/t75?,76?,77-,78-,79-/m1/s1. The lowest BCUT2D eigenvalue weighted by Crippen LogP contribution is -2.30. The number of aliphatic hydroxyl groups excluding tert-OH is 1. The second kappa shape index (κ2) is 72.0. The predicted molar refractivity (Wildman–Crippen MR) is 418 cm³/mol. The van der Waals surface area contributed by atoms with Crippen molar-refractivity contribution in [1.82, 2.24) is 0 Å². The number of phosphoric ester groups is 2. The Morgan fingerprint density at radius 2 is 0.471 bits per heavy atom. The Hall–Kier alpha value is -1.94. The molecule has 0 radical (unpaired) electrons. The molecule has 3 N–H and O–H groups in total. The van der Waals surface area contributed by atoms with Gasteiger partial charge in [0.1, 0.15) is 19.3 Å². The van der Waals surface area contributed by atoms with Gasteiger partial charge in [-0.25, -0.2) is 9.13 Å². The lowest BCUT2D eigenvalue weighted by molar-refractivity contribution is -0.161. The van der Waals surface area contributed by atoms with Crippen LogP contribution < -0.4 is 0 Å². The van der Waals surface area contributed by atoms with Crippen molar-refractivity contribution in [3.05, 3.63) is 0 Å². The van der Waals surface area contributed by atoms with Gasteiger partial charge in [0.25, 0.3) is 0 Å². The Morgan fingerprint density at radius 1 is 0.275 bits per heavy atom. The van der Waals surface area contributed by atoms with E-state index in [1.807, 2.05) is 0 Å². The Bertz CT molecular complexity index is 1990. The maximum absolute atomic E-state index is 13.1. The predicted octanol–water partition coefficient (Wildman–Crippen LogP) is 24.8. The number of carbonyl (C=O) groups excluding carboxylic acids is 4. The summed E-state index contributed by atoms with van der Waals surface area (Å²) in [5, 5.41) is 10.6. The Kier molecular flexibility index (Phi) is 70.6. The highest BCUT2D eigenvalue weighted by atomic mass is 31.2. The van der Waals surface area contributed by atoms with Crippen LogP contribution in [-0.2, 0) is 65.4 Å². The molecule has 4 unspecified atom stereocenters. The minimum absolute atomic E-state index is 0.102. The van der Waals surface area contributed by atoms with Crippen molar-refractivity contribution in [2.75, 3.05) is 39.6 Å². The zero-order valence-corrected chi connectivity index (χ0v) is 69.0. The maximum Gasteiger partial charge on any atom is 0.472 e. The van der Waals surface area contributed by atoms with Crippen molar-refractivity contribution < 1.29 is 80.2 Å². The topological polar surface area (TPSA) is 237 Å². The number of phosphoric acid groups is 2. The summed E-state index contributed by atoms with van der Waals surface area (Å²) in [6.45, 7) is 14.2. The number of unbranched alkanes of at least 4 members (excludes halogenated alkanes) is 44. The summed E-state index contributed by atoms with van der Waals surface area (Å²) in [5.74, 6) is 0.975. The molecule has 7 atom stereocenters. The molecule has 0 aromatic heterocycles. The van der Waals surface area contributed by atoms with Crippen molar-refractivity contribution in [1.29, 1.82) is 0 Å². The molecule has 0 saturated heterocycles. The first-order valence-electron chi connectivity index (χ1n) is 42.8. The average molecular weight is 1490 g/mol. The van der Waals surface area contributed by atoms with Crippen molar-refractivity contribution in [3.63, 3.8) is 0 Å². The summed E-state index contributed by atoms with van der Waals surface area (Å²) in [5.41, 5.74) is 0. The van der Waals surface area contributed by atoms with Gasteiger partial charge in [0, 0.05) is 25.7 Å². The van der Waals surface area contributed by atoms with E-state index in [0.717, 1.165) is 114 Å². The first-order chi connectivity index (χ1) is 49.2. The summed E-state index contributed by atoms with van der Waals surface area (Å²) in [6, 6.07) is 0. The van der Waals surface area contributed by atoms with E-state index in [2.05, 4.69) is 55.4 Å². The smallest absolute Gasteiger partial charge is 0.462 e. The molecular formula is C83H162O17P2. The normalized spacial score (nSPS) is 14.5. The van der Waals surface area contributed by atoms with Crippen molar-refractivity contribution in [2.24, 2.45) is 23.7 Å². The van der Waals surface area contributed by atoms with Gasteiger partial charge in [0.15, 0.2) is 12.2 Å². The van der Waals surface area contributed by atoms with Gasteiger partial charge in [0.05, 0.1) is 26.4 Å². The fourth-order valence-corrected chi connectivity index (χ4v) is 14.3. The van der Waals surface area contributed by atoms with E-state index in [0.29, 0.717) is 31.6 Å². The van der Waals surface area contributed by atoms with Gasteiger partial charge in [-0.3, -0.25) is 37.3 Å². The van der Waals surface area contributed by atoms with Crippen LogP contribution in [-0.4, -0.2) is 96.7 Å². The summed E-state index contributed by atoms with van der Waals surface area (Å²) in [4.78, 5) is 72.9. The quantitative estimate of drug-likeness (QED) is 0.0222. The number of ether oxygens (including phenoxy) is 4. The molecule has 0 saturated carbocycles. The highest BCUT2D eigenvalue weighted by molar-refractivity contribution is 7.47. The van der Waals surface area contributed by atoms with E-state index in [4.69, 9.17) is 37.0 Å². The number of hydrogen-bond donors (Lipinski definition) is 3. The Morgan fingerprint density at radius 3 is 0.696 bits per heavy atom. The van der Waals surface area contributed by atoms with E-state index in [1.54, 1.807) is 0 Å². The molecule has 19 heteroatoms. The van der Waals surface area contributed by atoms with E-state index < -0.39 is 97.5 Å². The molecule has 0 bridgehead atoms. The largest absolute Gasteiger partial charge is 0.472 e. The van der Waals surface area contributed by atoms with Crippen LogP contribution >= 0.6 is 15.6 Å². The Labute approximate surface area is 626 Å². The fraction of sp³-hybridized carbons (Fsp3) is 0.952. The molecule has 0 aliphatic carbocycles. The molecule has 0 rings (SSSR count). The van der Waals surface area contributed by atoms with Crippen LogP contribution in [0.15, 0.2) is 0 Å². The summed E-state index contributed by atoms with van der Waals surface area (Å²) in [6.07, 6.45) is 60.1. The van der Waals surface area contributed by atoms with E-state index >= 15 is 0 Å². The van der Waals surface area contributed by atoms with Crippen LogP contribution in [0.25, 0.3) is 0 Å². The molecule has 0 heterocycles. The average Bonchev–Trinajstić information content (AvgIpc) is 0.937. The van der Waals surface area contributed by atoms with E-state index in [1.165, 1.54) is 225 Å². The van der Waals surface area contributed by atoms with Gasteiger partial charge in [-0.05, 0) is 49.4 Å². The fourth-order valence-electron chi connectivity index (χ4n) is 12.7. The van der Waals surface area contributed by atoms with Gasteiger partial charge < -0.3 is 33.8 Å². The van der Waals surface area contributed by atoms with Crippen LogP contribution in [0.5, 0.6) is 0 Å². The van der Waals surface area contributed by atoms with Crippen molar-refractivity contribution in [2.45, 2.75) is 446 Å². The minimum atomic E-state index is -4.96. The zero-order chi connectivity index (χ0) is 75.3. The molecule has 0 amide bonds. The first kappa shape index (κ1) is 100. The Balaban J connectivity index is 5.17. The molecule has 0 aliphatic heterocycles. The number of hydrogen-bond acceptors (Lipinski definition) is 15. The second-order valence-corrected chi connectivity index (χ2v) is 34.2. The SMILES string of the molecule is CCC(C)CCCCCCCCCCCCCCCCCCCCC(=O)OC[C@H](COP(=O)(O)OC[C@@H](O)COP(=O)(O)OC[C@@H](COC(=O)CCCCCCCCC(C)C)OC(=O)CCCCCCCCC(C)CC)OC(=O)CCCCCCCCCCCCCCCCCCCCC(C)C. The number of carbonyl (C=O) groups is 4. The lowest BCUT2D eigenvalue weighted by atomic mass is 9.99. The summed E-state index contributed by atoms with van der Waals surface area (Å²) in [7, 11) is -9.92. The van der Waals surface area contributed by atoms with Crippen molar-refractivity contribution in [3.8, 4) is 0 Å². The van der Waals surface area contributed by atoms with E-state index in [-0.39, 0.29) is 25.7 Å². The monoisotopic (exact) mass is 1490 g/mol. The number of rotatable bonds is 80. The third-order valence-corrected chi connectivity index (χ3v) is 21.9. The molecule has 17 nitrogen and oxygen atoms in total. The molecule has 0 aromatic rings. The third-order valence-electron chi connectivity index (χ3n) is 20.0. The molecule has 0 spiro atoms. The van der Waals surface area contributed by atoms with Crippen LogP contribution in [0, 0.1) is 23.7 Å². The van der Waals surface area contributed by atoms with Crippen LogP contribution in [0.2, 0.25) is 0 Å². The highest BCUT2D eigenvalue weighted by Gasteiger charge is 2.30. The van der Waals surface area contributed by atoms with Gasteiger partial charge in [0.2, 0.25) is 0 Å². The highest BCUT2D eigenvalue weighted by Crippen LogP contribution is 2.45. The van der Waals surface area contributed by atoms with Gasteiger partial charge >= 0.3 is 39.5 Å². The van der Waals surface area contributed by atoms with Gasteiger partial charge in [-0.15, -0.1) is 0 Å². The zero-order valence-electron chi connectivity index (χ0n) is 67.2. The first-order valence-corrected chi connectivity index (χ1v) is 45.8. The molecule has 606 valence electrons.